The first-order valence-electron chi connectivity index (χ1n) is 8.84. The number of benzene rings is 2. The van der Waals surface area contributed by atoms with Crippen molar-refractivity contribution in [3.05, 3.63) is 70.7 Å². The summed E-state index contributed by atoms with van der Waals surface area (Å²) >= 11 is 5.98. The molecule has 1 aliphatic heterocycles. The Kier molecular flexibility index (Phi) is 5.77. The first-order chi connectivity index (χ1) is 12.0. The molecule has 0 N–H and O–H groups in total. The van der Waals surface area contributed by atoms with Gasteiger partial charge in [-0.15, -0.1) is 0 Å². The molecule has 1 fully saturated rings. The lowest BCUT2D eigenvalue weighted by Crippen LogP contribution is -2.32. The first kappa shape index (κ1) is 18.0. The summed E-state index contributed by atoms with van der Waals surface area (Å²) < 4.78 is 0. The van der Waals surface area contributed by atoms with Gasteiger partial charge in [0.2, 0.25) is 0 Å². The number of halogens is 1. The maximum Gasteiger partial charge on any atom is 0.253 e. The molecule has 1 heterocycles. The molecule has 132 valence electrons. The number of carbonyl (C=O) groups is 1. The molecule has 0 unspecified atom stereocenters. The van der Waals surface area contributed by atoms with Crippen LogP contribution >= 0.6 is 11.6 Å². The van der Waals surface area contributed by atoms with Crippen molar-refractivity contribution in [1.29, 1.82) is 0 Å². The van der Waals surface area contributed by atoms with Crippen LogP contribution in [0.4, 0.5) is 0 Å². The molecular formula is C21H25ClN2O. The summed E-state index contributed by atoms with van der Waals surface area (Å²) in [5.74, 6) is 0.670. The molecule has 0 spiro atoms. The summed E-state index contributed by atoms with van der Waals surface area (Å²) in [6.07, 6.45) is 1.07. The van der Waals surface area contributed by atoms with Crippen LogP contribution in [0.15, 0.2) is 54.6 Å². The van der Waals surface area contributed by atoms with Crippen molar-refractivity contribution in [1.82, 2.24) is 9.80 Å². The fourth-order valence-corrected chi connectivity index (χ4v) is 3.62. The molecule has 2 aromatic rings. The normalized spacial score (nSPS) is 18.6. The van der Waals surface area contributed by atoms with Crippen LogP contribution in [0.25, 0.3) is 0 Å². The second-order valence-electron chi connectivity index (χ2n) is 6.94. The zero-order valence-corrected chi connectivity index (χ0v) is 15.6. The molecule has 0 aliphatic carbocycles. The Labute approximate surface area is 155 Å². The molecule has 0 radical (unpaired) electrons. The molecule has 0 saturated carbocycles. The van der Waals surface area contributed by atoms with Crippen molar-refractivity contribution in [2.75, 3.05) is 26.7 Å². The molecule has 1 saturated heterocycles. The van der Waals surface area contributed by atoms with E-state index in [2.05, 4.69) is 31.0 Å². The third kappa shape index (κ3) is 4.42. The lowest BCUT2D eigenvalue weighted by molar-refractivity contribution is 0.0783. The first-order valence-corrected chi connectivity index (χ1v) is 9.22. The Morgan fingerprint density at radius 2 is 1.88 bits per heavy atom. The van der Waals surface area contributed by atoms with E-state index in [1.54, 1.807) is 0 Å². The molecule has 1 amide bonds. The zero-order valence-electron chi connectivity index (χ0n) is 14.9. The van der Waals surface area contributed by atoms with Gasteiger partial charge in [-0.25, -0.2) is 0 Å². The van der Waals surface area contributed by atoms with Gasteiger partial charge in [0, 0.05) is 36.3 Å². The summed E-state index contributed by atoms with van der Waals surface area (Å²) in [6.45, 7) is 4.89. The maximum absolute atomic E-state index is 12.6. The number of carbonyl (C=O) groups excluding carboxylic acids is 1. The van der Waals surface area contributed by atoms with Crippen LogP contribution in [-0.4, -0.2) is 42.4 Å². The monoisotopic (exact) mass is 356 g/mol. The predicted octanol–water partition coefficient (Wildman–Crippen LogP) is 4.50. The number of hydrogen-bond donors (Lipinski definition) is 0. The van der Waals surface area contributed by atoms with Gasteiger partial charge in [0.25, 0.3) is 5.91 Å². The minimum atomic E-state index is 0.150. The highest BCUT2D eigenvalue weighted by atomic mass is 35.5. The van der Waals surface area contributed by atoms with E-state index in [0.29, 0.717) is 12.0 Å². The molecule has 3 rings (SSSR count). The number of nitrogens with zero attached hydrogens (tertiary/aromatic N) is 2. The van der Waals surface area contributed by atoms with Crippen LogP contribution in [0.1, 0.15) is 35.3 Å². The molecule has 4 heteroatoms. The number of hydrogen-bond acceptors (Lipinski definition) is 2. The quantitative estimate of drug-likeness (QED) is 0.787. The van der Waals surface area contributed by atoms with Crippen LogP contribution < -0.4 is 0 Å². The average Bonchev–Trinajstić information content (AvgIpc) is 3.10. The zero-order chi connectivity index (χ0) is 17.8. The number of rotatable bonds is 5. The topological polar surface area (TPSA) is 23.6 Å². The van der Waals surface area contributed by atoms with Crippen molar-refractivity contribution >= 4 is 17.5 Å². The van der Waals surface area contributed by atoms with Crippen molar-refractivity contribution in [3.8, 4) is 0 Å². The number of amides is 1. The van der Waals surface area contributed by atoms with Gasteiger partial charge in [0.15, 0.2) is 0 Å². The third-order valence-electron chi connectivity index (χ3n) is 5.15. The molecule has 0 bridgehead atoms. The predicted molar refractivity (Wildman–Crippen MR) is 103 cm³/mol. The Balaban J connectivity index is 1.55. The molecule has 3 nitrogen and oxygen atoms in total. The van der Waals surface area contributed by atoms with Crippen molar-refractivity contribution < 1.29 is 4.79 Å². The van der Waals surface area contributed by atoms with Gasteiger partial charge in [-0.3, -0.25) is 9.69 Å². The third-order valence-corrected chi connectivity index (χ3v) is 5.41. The Morgan fingerprint density at radius 1 is 1.20 bits per heavy atom. The van der Waals surface area contributed by atoms with Crippen LogP contribution in [0.2, 0.25) is 5.02 Å². The fourth-order valence-electron chi connectivity index (χ4n) is 3.49. The Bertz CT molecular complexity index is 702. The molecular weight excluding hydrogens is 332 g/mol. The van der Waals surface area contributed by atoms with E-state index in [9.17, 15) is 4.79 Å². The minimum Gasteiger partial charge on any atom is -0.338 e. The van der Waals surface area contributed by atoms with E-state index in [-0.39, 0.29) is 5.91 Å². The van der Waals surface area contributed by atoms with Crippen molar-refractivity contribution in [2.45, 2.75) is 19.4 Å². The summed E-state index contributed by atoms with van der Waals surface area (Å²) in [5.41, 5.74) is 2.05. The highest BCUT2D eigenvalue weighted by Gasteiger charge is 2.28. The van der Waals surface area contributed by atoms with Gasteiger partial charge < -0.3 is 4.90 Å². The van der Waals surface area contributed by atoms with Gasteiger partial charge in [-0.1, -0.05) is 41.9 Å². The second kappa shape index (κ2) is 8.03. The van der Waals surface area contributed by atoms with Crippen LogP contribution in [0, 0.1) is 5.92 Å². The summed E-state index contributed by atoms with van der Waals surface area (Å²) in [6, 6.07) is 18.0. The Morgan fingerprint density at radius 3 is 2.56 bits per heavy atom. The van der Waals surface area contributed by atoms with E-state index in [0.717, 1.165) is 36.6 Å². The molecule has 0 aromatic heterocycles. The average molecular weight is 357 g/mol. The smallest absolute Gasteiger partial charge is 0.253 e. The highest BCUT2D eigenvalue weighted by Crippen LogP contribution is 2.25. The minimum absolute atomic E-state index is 0.150. The summed E-state index contributed by atoms with van der Waals surface area (Å²) in [5, 5.41) is 0.768. The van der Waals surface area contributed by atoms with Gasteiger partial charge in [-0.05, 0) is 56.1 Å². The fraction of sp³-hybridized carbons (Fsp3) is 0.381. The summed E-state index contributed by atoms with van der Waals surface area (Å²) in [4.78, 5) is 16.9. The molecule has 2 atom stereocenters. The standard InChI is InChI=1S/C21H25ClN2O/c1-16(18-8-10-20(22)11-9-18)23(2)14-17-12-13-24(15-17)21(25)19-6-4-3-5-7-19/h3-11,16-17H,12-15H2,1-2H3/t16-,17+/m1/s1. The maximum atomic E-state index is 12.6. The van der Waals surface area contributed by atoms with Gasteiger partial charge in [0.1, 0.15) is 0 Å². The second-order valence-corrected chi connectivity index (χ2v) is 7.38. The molecule has 1 aliphatic rings. The SMILES string of the molecule is C[C@H](c1ccc(Cl)cc1)N(C)C[C@@H]1CCN(C(=O)c2ccccc2)C1. The number of likely N-dealkylation sites (tertiary alicyclic amines) is 1. The van der Waals surface area contributed by atoms with E-state index in [1.807, 2.05) is 47.4 Å². The van der Waals surface area contributed by atoms with Crippen molar-refractivity contribution in [3.63, 3.8) is 0 Å². The van der Waals surface area contributed by atoms with Gasteiger partial charge >= 0.3 is 0 Å². The highest BCUT2D eigenvalue weighted by molar-refractivity contribution is 6.30. The van der Waals surface area contributed by atoms with Gasteiger partial charge in [0.05, 0.1) is 0 Å². The summed E-state index contributed by atoms with van der Waals surface area (Å²) in [7, 11) is 2.15. The van der Waals surface area contributed by atoms with E-state index < -0.39 is 0 Å². The van der Waals surface area contributed by atoms with E-state index in [1.165, 1.54) is 5.56 Å². The Hall–Kier alpha value is -1.84. The molecule has 25 heavy (non-hydrogen) atoms. The van der Waals surface area contributed by atoms with Crippen LogP contribution in [-0.2, 0) is 0 Å². The van der Waals surface area contributed by atoms with Crippen molar-refractivity contribution in [2.24, 2.45) is 5.92 Å². The van der Waals surface area contributed by atoms with Crippen LogP contribution in [0.5, 0.6) is 0 Å². The van der Waals surface area contributed by atoms with E-state index >= 15 is 0 Å². The lowest BCUT2D eigenvalue weighted by Gasteiger charge is -2.28. The van der Waals surface area contributed by atoms with E-state index in [4.69, 9.17) is 11.6 Å². The van der Waals surface area contributed by atoms with Gasteiger partial charge in [-0.2, -0.15) is 0 Å². The lowest BCUT2D eigenvalue weighted by atomic mass is 10.0. The largest absolute Gasteiger partial charge is 0.338 e. The van der Waals surface area contributed by atoms with Crippen LogP contribution in [0.3, 0.4) is 0 Å². The molecule has 2 aromatic carbocycles.